The fourth-order valence-electron chi connectivity index (χ4n) is 5.37. The molecule has 200 valence electrons. The maximum absolute atomic E-state index is 2.52. The smallest absolute Gasteiger partial charge is 0.0354 e. The number of hydrogen-bond acceptors (Lipinski definition) is 0. The fraction of sp³-hybridized carbons (Fsp3) is 1.00. The molecule has 0 radical (unpaired) electrons. The van der Waals surface area contributed by atoms with Gasteiger partial charge in [-0.2, -0.15) is 0 Å². The quantitative estimate of drug-likeness (QED) is 0.101. The van der Waals surface area contributed by atoms with Gasteiger partial charge in [0.25, 0.3) is 0 Å². The molecular weight excluding hydrogens is 396 g/mol. The second-order valence-electron chi connectivity index (χ2n) is 12.1. The van der Waals surface area contributed by atoms with Crippen LogP contribution >= 0.6 is 0 Å². The standard InChI is InChI=1S/C33H68/c1-5-7-9-11-13-15-17-19-21-23-25-27-29-31-33(3,4)32-30-28-26-24-22-20-18-16-14-12-10-8-6-2/h5-32H2,1-4H3. The van der Waals surface area contributed by atoms with E-state index >= 15 is 0 Å². The highest BCUT2D eigenvalue weighted by atomic mass is 14.2. The first kappa shape index (κ1) is 33.0. The van der Waals surface area contributed by atoms with Crippen LogP contribution in [0, 0.1) is 5.41 Å². The van der Waals surface area contributed by atoms with Crippen molar-refractivity contribution in [2.75, 3.05) is 0 Å². The van der Waals surface area contributed by atoms with Crippen molar-refractivity contribution in [3.63, 3.8) is 0 Å². The highest BCUT2D eigenvalue weighted by molar-refractivity contribution is 4.69. The summed E-state index contributed by atoms with van der Waals surface area (Å²) in [6.45, 7) is 9.66. The molecule has 0 aliphatic heterocycles. The van der Waals surface area contributed by atoms with Crippen LogP contribution in [0.15, 0.2) is 0 Å². The Bertz CT molecular complexity index is 310. The number of hydrogen-bond donors (Lipinski definition) is 0. The average Bonchev–Trinajstić information content (AvgIpc) is 2.80. The Kier molecular flexibility index (Phi) is 26.6. The molecule has 33 heavy (non-hydrogen) atoms. The lowest BCUT2D eigenvalue weighted by Gasteiger charge is -2.24. The molecule has 0 heteroatoms. The first-order valence-corrected chi connectivity index (χ1v) is 16.1. The van der Waals surface area contributed by atoms with Gasteiger partial charge < -0.3 is 0 Å². The monoisotopic (exact) mass is 465 g/mol. The van der Waals surface area contributed by atoms with Gasteiger partial charge in [0.1, 0.15) is 0 Å². The minimum absolute atomic E-state index is 0.579. The predicted molar refractivity (Wildman–Crippen MR) is 154 cm³/mol. The third-order valence-electron chi connectivity index (χ3n) is 7.91. The van der Waals surface area contributed by atoms with E-state index in [1.54, 1.807) is 0 Å². The summed E-state index contributed by atoms with van der Waals surface area (Å²) in [5, 5.41) is 0. The Morgan fingerprint density at radius 1 is 0.273 bits per heavy atom. The van der Waals surface area contributed by atoms with Crippen molar-refractivity contribution in [1.82, 2.24) is 0 Å². The summed E-state index contributed by atoms with van der Waals surface area (Å²) in [6, 6.07) is 0. The lowest BCUT2D eigenvalue weighted by molar-refractivity contribution is 0.282. The van der Waals surface area contributed by atoms with Crippen LogP contribution in [0.4, 0.5) is 0 Å². The molecule has 0 spiro atoms. The summed E-state index contributed by atoms with van der Waals surface area (Å²) in [6.07, 6.45) is 41.0. The molecule has 0 N–H and O–H groups in total. The fourth-order valence-corrected chi connectivity index (χ4v) is 5.37. The van der Waals surface area contributed by atoms with E-state index in [0.717, 1.165) is 0 Å². The van der Waals surface area contributed by atoms with Crippen LogP contribution in [-0.2, 0) is 0 Å². The normalized spacial score (nSPS) is 12.0. The van der Waals surface area contributed by atoms with Gasteiger partial charge in [0.05, 0.1) is 0 Å². The molecule has 0 amide bonds. The average molecular weight is 465 g/mol. The summed E-state index contributed by atoms with van der Waals surface area (Å²) in [5.74, 6) is 0. The largest absolute Gasteiger partial charge is 0.0654 e. The van der Waals surface area contributed by atoms with Crippen molar-refractivity contribution in [2.45, 2.75) is 207 Å². The van der Waals surface area contributed by atoms with Gasteiger partial charge in [0.2, 0.25) is 0 Å². The Labute approximate surface area is 212 Å². The van der Waals surface area contributed by atoms with Crippen molar-refractivity contribution in [3.05, 3.63) is 0 Å². The van der Waals surface area contributed by atoms with Crippen LogP contribution < -0.4 is 0 Å². The maximum atomic E-state index is 2.52. The van der Waals surface area contributed by atoms with E-state index in [1.165, 1.54) is 180 Å². The zero-order chi connectivity index (χ0) is 24.3. The Balaban J connectivity index is 3.28. The molecule has 0 aromatic heterocycles. The molecular formula is C33H68. The Morgan fingerprint density at radius 2 is 0.455 bits per heavy atom. The summed E-state index contributed by atoms with van der Waals surface area (Å²) in [7, 11) is 0. The van der Waals surface area contributed by atoms with Crippen molar-refractivity contribution < 1.29 is 0 Å². The van der Waals surface area contributed by atoms with Crippen molar-refractivity contribution in [2.24, 2.45) is 5.41 Å². The minimum atomic E-state index is 0.579. The topological polar surface area (TPSA) is 0 Å². The van der Waals surface area contributed by atoms with Gasteiger partial charge >= 0.3 is 0 Å². The van der Waals surface area contributed by atoms with Gasteiger partial charge in [0.15, 0.2) is 0 Å². The molecule has 0 aromatic rings. The Morgan fingerprint density at radius 3 is 0.667 bits per heavy atom. The molecule has 0 heterocycles. The van der Waals surface area contributed by atoms with Crippen molar-refractivity contribution >= 4 is 0 Å². The van der Waals surface area contributed by atoms with Gasteiger partial charge in [0, 0.05) is 0 Å². The maximum Gasteiger partial charge on any atom is -0.0354 e. The first-order valence-electron chi connectivity index (χ1n) is 16.1. The minimum Gasteiger partial charge on any atom is -0.0654 e. The van der Waals surface area contributed by atoms with Gasteiger partial charge in [-0.1, -0.05) is 195 Å². The summed E-state index contributed by atoms with van der Waals surface area (Å²) >= 11 is 0. The van der Waals surface area contributed by atoms with Crippen LogP contribution in [0.25, 0.3) is 0 Å². The molecule has 0 bridgehead atoms. The third-order valence-corrected chi connectivity index (χ3v) is 7.91. The van der Waals surface area contributed by atoms with Crippen LogP contribution in [0.3, 0.4) is 0 Å². The van der Waals surface area contributed by atoms with Gasteiger partial charge in [-0.05, 0) is 18.3 Å². The van der Waals surface area contributed by atoms with E-state index in [0.29, 0.717) is 5.41 Å². The van der Waals surface area contributed by atoms with Crippen LogP contribution in [-0.4, -0.2) is 0 Å². The Hall–Kier alpha value is 0. The highest BCUT2D eigenvalue weighted by Gasteiger charge is 2.16. The number of rotatable bonds is 28. The van der Waals surface area contributed by atoms with E-state index in [4.69, 9.17) is 0 Å². The molecule has 0 aliphatic rings. The predicted octanol–water partition coefficient (Wildman–Crippen LogP) is 13.0. The van der Waals surface area contributed by atoms with Crippen LogP contribution in [0.5, 0.6) is 0 Å². The second kappa shape index (κ2) is 26.6. The van der Waals surface area contributed by atoms with Crippen LogP contribution in [0.2, 0.25) is 0 Å². The van der Waals surface area contributed by atoms with Crippen molar-refractivity contribution in [1.29, 1.82) is 0 Å². The van der Waals surface area contributed by atoms with E-state index < -0.39 is 0 Å². The molecule has 0 rings (SSSR count). The molecule has 0 saturated heterocycles. The molecule has 0 unspecified atom stereocenters. The number of unbranched alkanes of at least 4 members (excludes halogenated alkanes) is 24. The third kappa shape index (κ3) is 28.1. The molecule has 0 saturated carbocycles. The van der Waals surface area contributed by atoms with E-state index in [1.807, 2.05) is 0 Å². The SMILES string of the molecule is CCCCCCCCCCCCCCCC(C)(C)CCCCCCCCCCCCCCC. The second-order valence-corrected chi connectivity index (χ2v) is 12.1. The lowest BCUT2D eigenvalue weighted by atomic mass is 9.81. The highest BCUT2D eigenvalue weighted by Crippen LogP contribution is 2.30. The zero-order valence-electron chi connectivity index (χ0n) is 24.3. The zero-order valence-corrected chi connectivity index (χ0v) is 24.3. The molecule has 0 aliphatic carbocycles. The van der Waals surface area contributed by atoms with Gasteiger partial charge in [-0.25, -0.2) is 0 Å². The lowest BCUT2D eigenvalue weighted by Crippen LogP contribution is -2.11. The van der Waals surface area contributed by atoms with Gasteiger partial charge in [-0.15, -0.1) is 0 Å². The molecule has 0 fully saturated rings. The summed E-state index contributed by atoms with van der Waals surface area (Å²) in [5.41, 5.74) is 0.579. The van der Waals surface area contributed by atoms with E-state index in [-0.39, 0.29) is 0 Å². The first-order chi connectivity index (χ1) is 16.1. The van der Waals surface area contributed by atoms with E-state index in [2.05, 4.69) is 27.7 Å². The molecule has 0 aromatic carbocycles. The van der Waals surface area contributed by atoms with Crippen molar-refractivity contribution in [3.8, 4) is 0 Å². The summed E-state index contributed by atoms with van der Waals surface area (Å²) in [4.78, 5) is 0. The van der Waals surface area contributed by atoms with E-state index in [9.17, 15) is 0 Å². The van der Waals surface area contributed by atoms with Gasteiger partial charge in [-0.3, -0.25) is 0 Å². The molecule has 0 nitrogen and oxygen atoms in total. The van der Waals surface area contributed by atoms with Crippen LogP contribution in [0.1, 0.15) is 207 Å². The summed E-state index contributed by atoms with van der Waals surface area (Å²) < 4.78 is 0. The molecule has 0 atom stereocenters.